The fraction of sp³-hybridized carbons (Fsp3) is 0.467. The molecular formula is C15H19NO2. The van der Waals surface area contributed by atoms with E-state index in [4.69, 9.17) is 0 Å². The summed E-state index contributed by atoms with van der Waals surface area (Å²) < 4.78 is 0. The van der Waals surface area contributed by atoms with E-state index in [1.807, 2.05) is 6.92 Å². The van der Waals surface area contributed by atoms with Crippen LogP contribution in [0.2, 0.25) is 0 Å². The second kappa shape index (κ2) is 5.34. The smallest absolute Gasteiger partial charge is 0.237 e. The Morgan fingerprint density at radius 3 is 2.22 bits per heavy atom. The van der Waals surface area contributed by atoms with Crippen LogP contribution in [0.15, 0.2) is 36.6 Å². The monoisotopic (exact) mass is 245 g/mol. The second-order valence-corrected chi connectivity index (χ2v) is 4.82. The van der Waals surface area contributed by atoms with Crippen molar-refractivity contribution in [3.63, 3.8) is 0 Å². The van der Waals surface area contributed by atoms with Crippen LogP contribution in [0.1, 0.15) is 32.6 Å². The van der Waals surface area contributed by atoms with Gasteiger partial charge in [-0.05, 0) is 25.8 Å². The molecule has 1 saturated carbocycles. The highest BCUT2D eigenvalue weighted by molar-refractivity contribution is 6.07. The highest BCUT2D eigenvalue weighted by Crippen LogP contribution is 2.39. The van der Waals surface area contributed by atoms with Crippen LogP contribution < -0.4 is 0 Å². The number of imide groups is 1. The summed E-state index contributed by atoms with van der Waals surface area (Å²) in [5.74, 6) is -0.213. The highest BCUT2D eigenvalue weighted by atomic mass is 16.2. The molecular weight excluding hydrogens is 226 g/mol. The predicted octanol–water partition coefficient (Wildman–Crippen LogP) is 2.81. The van der Waals surface area contributed by atoms with Gasteiger partial charge >= 0.3 is 0 Å². The van der Waals surface area contributed by atoms with Crippen LogP contribution >= 0.6 is 0 Å². The van der Waals surface area contributed by atoms with E-state index in [2.05, 4.69) is 6.58 Å². The summed E-state index contributed by atoms with van der Waals surface area (Å²) in [6.45, 7) is 5.44. The third kappa shape index (κ3) is 2.05. The van der Waals surface area contributed by atoms with Gasteiger partial charge in [0.25, 0.3) is 0 Å². The van der Waals surface area contributed by atoms with Gasteiger partial charge in [-0.3, -0.25) is 14.5 Å². The predicted molar refractivity (Wildman–Crippen MR) is 70.4 cm³/mol. The number of likely N-dealkylation sites (tertiary alicyclic amines) is 1. The Hall–Kier alpha value is -1.64. The molecule has 1 aliphatic carbocycles. The number of hydrogen-bond donors (Lipinski definition) is 0. The van der Waals surface area contributed by atoms with Crippen molar-refractivity contribution in [1.82, 2.24) is 4.90 Å². The lowest BCUT2D eigenvalue weighted by molar-refractivity contribution is -0.137. The first-order chi connectivity index (χ1) is 8.70. The Kier molecular flexibility index (Phi) is 3.80. The van der Waals surface area contributed by atoms with E-state index in [1.54, 1.807) is 24.3 Å². The molecule has 2 amide bonds. The van der Waals surface area contributed by atoms with Gasteiger partial charge in [-0.15, -0.1) is 0 Å². The van der Waals surface area contributed by atoms with Crippen LogP contribution in [0.4, 0.5) is 0 Å². The molecule has 2 unspecified atom stereocenters. The van der Waals surface area contributed by atoms with Crippen LogP contribution in [0.25, 0.3) is 0 Å². The highest BCUT2D eigenvalue weighted by Gasteiger charge is 2.48. The van der Waals surface area contributed by atoms with Gasteiger partial charge in [-0.25, -0.2) is 0 Å². The fourth-order valence-corrected chi connectivity index (χ4v) is 2.88. The number of rotatable bonds is 3. The maximum atomic E-state index is 12.3. The maximum absolute atomic E-state index is 12.3. The molecule has 1 heterocycles. The summed E-state index contributed by atoms with van der Waals surface area (Å²) >= 11 is 0. The molecule has 0 spiro atoms. The first-order valence-electron chi connectivity index (χ1n) is 6.54. The summed E-state index contributed by atoms with van der Waals surface area (Å²) in [7, 11) is 0. The molecule has 18 heavy (non-hydrogen) atoms. The molecule has 2 atom stereocenters. The summed E-state index contributed by atoms with van der Waals surface area (Å²) in [4.78, 5) is 26.0. The molecule has 2 rings (SSSR count). The minimum absolute atomic E-state index is 0.0217. The Labute approximate surface area is 108 Å². The normalized spacial score (nSPS) is 28.9. The van der Waals surface area contributed by atoms with Gasteiger partial charge in [0.15, 0.2) is 0 Å². The molecule has 1 saturated heterocycles. The van der Waals surface area contributed by atoms with Crippen molar-refractivity contribution in [3.05, 3.63) is 36.6 Å². The second-order valence-electron chi connectivity index (χ2n) is 4.82. The van der Waals surface area contributed by atoms with Gasteiger partial charge in [-0.1, -0.05) is 37.6 Å². The molecule has 0 aromatic rings. The molecule has 3 heteroatoms. The largest absolute Gasteiger partial charge is 0.274 e. The number of carbonyl (C=O) groups is 2. The van der Waals surface area contributed by atoms with E-state index in [0.717, 1.165) is 25.7 Å². The lowest BCUT2D eigenvalue weighted by Crippen LogP contribution is -2.29. The average molecular weight is 245 g/mol. The molecule has 0 aromatic carbocycles. The van der Waals surface area contributed by atoms with E-state index in [1.165, 1.54) is 4.90 Å². The van der Waals surface area contributed by atoms with Crippen molar-refractivity contribution in [2.45, 2.75) is 32.6 Å². The third-order valence-corrected chi connectivity index (χ3v) is 3.80. The van der Waals surface area contributed by atoms with Gasteiger partial charge in [0, 0.05) is 5.70 Å². The number of fused-ring (bicyclic) bond motifs is 1. The molecule has 2 aliphatic rings. The number of hydrogen-bond acceptors (Lipinski definition) is 2. The Morgan fingerprint density at radius 2 is 1.78 bits per heavy atom. The Morgan fingerprint density at radius 1 is 1.22 bits per heavy atom. The third-order valence-electron chi connectivity index (χ3n) is 3.80. The molecule has 2 fully saturated rings. The first kappa shape index (κ1) is 12.8. The van der Waals surface area contributed by atoms with Gasteiger partial charge < -0.3 is 0 Å². The van der Waals surface area contributed by atoms with Crippen LogP contribution in [0.3, 0.4) is 0 Å². The average Bonchev–Trinajstić information content (AvgIpc) is 2.65. The Balaban J connectivity index is 2.28. The summed E-state index contributed by atoms with van der Waals surface area (Å²) in [6, 6.07) is 0. The molecule has 1 aliphatic heterocycles. The Bertz CT molecular complexity index is 410. The quantitative estimate of drug-likeness (QED) is 0.566. The number of allylic oxidation sites excluding steroid dienone is 4. The van der Waals surface area contributed by atoms with Crippen molar-refractivity contribution < 1.29 is 9.59 Å². The first-order valence-corrected chi connectivity index (χ1v) is 6.54. The van der Waals surface area contributed by atoms with Crippen molar-refractivity contribution in [2.75, 3.05) is 0 Å². The van der Waals surface area contributed by atoms with Crippen molar-refractivity contribution in [3.8, 4) is 0 Å². The van der Waals surface area contributed by atoms with E-state index < -0.39 is 0 Å². The standard InChI is InChI=1S/C15H19NO2/c1-3-5-8-11(4-2)16-14(17)12-9-6-7-10-13(12)15(16)18/h3-5,8,12-13H,1,6-7,9-10H2,2H3/b8-5-,11-4+. The number of amides is 2. The fourth-order valence-electron chi connectivity index (χ4n) is 2.88. The number of carbonyl (C=O) groups excluding carboxylic acids is 2. The van der Waals surface area contributed by atoms with Crippen LogP contribution in [-0.2, 0) is 9.59 Å². The minimum Gasteiger partial charge on any atom is -0.274 e. The van der Waals surface area contributed by atoms with E-state index >= 15 is 0 Å². The SMILES string of the molecule is C=C/C=C\C(=C/C)N1C(=O)C2CCCCC2C1=O. The van der Waals surface area contributed by atoms with Crippen LogP contribution in [0, 0.1) is 11.8 Å². The van der Waals surface area contributed by atoms with Crippen LogP contribution in [0.5, 0.6) is 0 Å². The summed E-state index contributed by atoms with van der Waals surface area (Å²) in [5, 5.41) is 0. The van der Waals surface area contributed by atoms with E-state index in [0.29, 0.717) is 5.70 Å². The molecule has 3 nitrogen and oxygen atoms in total. The van der Waals surface area contributed by atoms with Crippen molar-refractivity contribution in [1.29, 1.82) is 0 Å². The summed E-state index contributed by atoms with van der Waals surface area (Å²) in [6.07, 6.45) is 10.8. The summed E-state index contributed by atoms with van der Waals surface area (Å²) in [5.41, 5.74) is 0.666. The van der Waals surface area contributed by atoms with Crippen LogP contribution in [-0.4, -0.2) is 16.7 Å². The molecule has 0 aromatic heterocycles. The lowest BCUT2D eigenvalue weighted by Gasteiger charge is -2.19. The molecule has 0 radical (unpaired) electrons. The van der Waals surface area contributed by atoms with Gasteiger partial charge in [0.05, 0.1) is 11.8 Å². The lowest BCUT2D eigenvalue weighted by atomic mass is 9.81. The van der Waals surface area contributed by atoms with E-state index in [9.17, 15) is 9.59 Å². The molecule has 96 valence electrons. The number of nitrogens with zero attached hydrogens (tertiary/aromatic N) is 1. The zero-order valence-electron chi connectivity index (χ0n) is 10.8. The molecule has 0 bridgehead atoms. The van der Waals surface area contributed by atoms with E-state index in [-0.39, 0.29) is 23.7 Å². The zero-order chi connectivity index (χ0) is 13.1. The van der Waals surface area contributed by atoms with Crippen molar-refractivity contribution >= 4 is 11.8 Å². The van der Waals surface area contributed by atoms with Gasteiger partial charge in [0.1, 0.15) is 0 Å². The van der Waals surface area contributed by atoms with Crippen molar-refractivity contribution in [2.24, 2.45) is 11.8 Å². The maximum Gasteiger partial charge on any atom is 0.237 e. The minimum atomic E-state index is -0.0849. The van der Waals surface area contributed by atoms with Gasteiger partial charge in [0.2, 0.25) is 11.8 Å². The topological polar surface area (TPSA) is 37.4 Å². The molecule has 0 N–H and O–H groups in total. The zero-order valence-corrected chi connectivity index (χ0v) is 10.8. The van der Waals surface area contributed by atoms with Gasteiger partial charge in [-0.2, -0.15) is 0 Å².